The molecule has 2 heterocycles. The van der Waals surface area contributed by atoms with E-state index in [0.29, 0.717) is 12.2 Å². The van der Waals surface area contributed by atoms with E-state index in [1.807, 2.05) is 0 Å². The number of rotatable bonds is 4. The predicted octanol–water partition coefficient (Wildman–Crippen LogP) is 2.52. The van der Waals surface area contributed by atoms with Crippen LogP contribution in [0.15, 0.2) is 34.1 Å². The molecule has 0 bridgehead atoms. The maximum Gasteiger partial charge on any atom is 0.349 e. The maximum absolute atomic E-state index is 13.0. The summed E-state index contributed by atoms with van der Waals surface area (Å²) in [5, 5.41) is 0.726. The van der Waals surface area contributed by atoms with Gasteiger partial charge in [0.05, 0.1) is 17.5 Å². The highest BCUT2D eigenvalue weighted by atomic mass is 32.2. The highest BCUT2D eigenvalue weighted by molar-refractivity contribution is 7.98. The lowest BCUT2D eigenvalue weighted by Gasteiger charge is -2.18. The number of nitrogens with zero attached hydrogens (tertiary/aromatic N) is 2. The van der Waals surface area contributed by atoms with E-state index in [-0.39, 0.29) is 29.1 Å². The van der Waals surface area contributed by atoms with Crippen molar-refractivity contribution < 1.29 is 12.8 Å². The lowest BCUT2D eigenvalue weighted by atomic mass is 10.2. The Labute approximate surface area is 155 Å². The molecule has 1 aliphatic heterocycles. The van der Waals surface area contributed by atoms with Gasteiger partial charge < -0.3 is 0 Å². The molecule has 26 heavy (non-hydrogen) atoms. The number of benzene rings is 1. The van der Waals surface area contributed by atoms with Gasteiger partial charge in [0.15, 0.2) is 9.84 Å². The van der Waals surface area contributed by atoms with Crippen LogP contribution in [-0.4, -0.2) is 29.5 Å². The zero-order valence-corrected chi connectivity index (χ0v) is 15.8. The van der Waals surface area contributed by atoms with Crippen LogP contribution in [0.4, 0.5) is 4.39 Å². The zero-order valence-electron chi connectivity index (χ0n) is 14.2. The van der Waals surface area contributed by atoms with Crippen LogP contribution in [-0.2, 0) is 28.4 Å². The van der Waals surface area contributed by atoms with Gasteiger partial charge in [0, 0.05) is 17.0 Å². The van der Waals surface area contributed by atoms with Crippen molar-refractivity contribution in [2.75, 3.05) is 11.5 Å². The topological polar surface area (TPSA) is 69.0 Å². The molecule has 0 saturated carbocycles. The van der Waals surface area contributed by atoms with Crippen LogP contribution in [0.1, 0.15) is 35.7 Å². The molecule has 1 fully saturated rings. The first-order chi connectivity index (χ1) is 12.4. The van der Waals surface area contributed by atoms with Gasteiger partial charge in [-0.25, -0.2) is 17.6 Å². The van der Waals surface area contributed by atoms with Crippen molar-refractivity contribution in [2.45, 2.75) is 42.5 Å². The number of aromatic nitrogens is 2. The minimum Gasteiger partial charge on any atom is -0.292 e. The Morgan fingerprint density at radius 2 is 2.00 bits per heavy atom. The first-order valence-electron chi connectivity index (χ1n) is 8.65. The van der Waals surface area contributed by atoms with Gasteiger partial charge in [-0.2, -0.15) is 4.98 Å². The Morgan fingerprint density at radius 1 is 1.23 bits per heavy atom. The molecule has 0 radical (unpaired) electrons. The first kappa shape index (κ1) is 17.7. The molecular weight excluding hydrogens is 375 g/mol. The molecule has 1 aromatic heterocycles. The predicted molar refractivity (Wildman–Crippen MR) is 98.8 cm³/mol. The van der Waals surface area contributed by atoms with Crippen molar-refractivity contribution in [3.63, 3.8) is 0 Å². The van der Waals surface area contributed by atoms with Crippen LogP contribution >= 0.6 is 11.8 Å². The van der Waals surface area contributed by atoms with Crippen molar-refractivity contribution in [1.29, 1.82) is 0 Å². The van der Waals surface area contributed by atoms with Gasteiger partial charge in [0.25, 0.3) is 0 Å². The van der Waals surface area contributed by atoms with Crippen molar-refractivity contribution in [3.05, 3.63) is 57.4 Å². The Kier molecular flexibility index (Phi) is 4.64. The van der Waals surface area contributed by atoms with E-state index < -0.39 is 9.84 Å². The summed E-state index contributed by atoms with van der Waals surface area (Å²) >= 11 is 1.48. The van der Waals surface area contributed by atoms with Crippen molar-refractivity contribution >= 4 is 21.6 Å². The summed E-state index contributed by atoms with van der Waals surface area (Å²) in [6.45, 7) is 0. The fourth-order valence-corrected chi connectivity index (χ4v) is 6.49. The Bertz CT molecular complexity index is 1000. The van der Waals surface area contributed by atoms with Crippen LogP contribution in [0, 0.1) is 5.82 Å². The van der Waals surface area contributed by atoms with Crippen LogP contribution < -0.4 is 5.69 Å². The van der Waals surface area contributed by atoms with Gasteiger partial charge in [-0.3, -0.25) is 4.57 Å². The lowest BCUT2D eigenvalue weighted by Crippen LogP contribution is -2.31. The first-order valence-corrected chi connectivity index (χ1v) is 11.5. The molecule has 138 valence electrons. The molecule has 5 nitrogen and oxygen atoms in total. The van der Waals surface area contributed by atoms with E-state index in [9.17, 15) is 17.6 Å². The smallest absolute Gasteiger partial charge is 0.292 e. The molecular formula is C18H19FN2O3S2. The third kappa shape index (κ3) is 3.44. The van der Waals surface area contributed by atoms with Crippen molar-refractivity contribution in [1.82, 2.24) is 9.55 Å². The molecule has 0 spiro atoms. The largest absolute Gasteiger partial charge is 0.349 e. The molecule has 8 heteroatoms. The van der Waals surface area contributed by atoms with Gasteiger partial charge in [0.1, 0.15) is 10.8 Å². The van der Waals surface area contributed by atoms with E-state index in [4.69, 9.17) is 0 Å². The number of fused-ring (bicyclic) bond motifs is 1. The van der Waals surface area contributed by atoms with Crippen molar-refractivity contribution in [2.24, 2.45) is 0 Å². The standard InChI is InChI=1S/C18H19FN2O3S2/c19-13-6-4-12(5-7-13)10-25-17-15-2-1-3-16(15)21(18(22)20-17)14-8-9-26(23,24)11-14/h4-7,14H,1-3,8-11H2. The van der Waals surface area contributed by atoms with Crippen LogP contribution in [0.3, 0.4) is 0 Å². The quantitative estimate of drug-likeness (QED) is 0.589. The average Bonchev–Trinajstić information content (AvgIpc) is 3.20. The number of thioether (sulfide) groups is 1. The molecule has 0 amide bonds. The second-order valence-corrected chi connectivity index (χ2v) is 10.0. The van der Waals surface area contributed by atoms with Gasteiger partial charge in [-0.1, -0.05) is 12.1 Å². The van der Waals surface area contributed by atoms with Gasteiger partial charge in [-0.05, 0) is 43.4 Å². The third-order valence-electron chi connectivity index (χ3n) is 5.00. The van der Waals surface area contributed by atoms with E-state index in [1.165, 1.54) is 23.9 Å². The molecule has 2 aliphatic rings. The minimum atomic E-state index is -3.06. The second kappa shape index (κ2) is 6.81. The zero-order chi connectivity index (χ0) is 18.3. The Balaban J connectivity index is 1.64. The monoisotopic (exact) mass is 394 g/mol. The normalized spacial score (nSPS) is 21.0. The SMILES string of the molecule is O=c1nc(SCc2ccc(F)cc2)c2c(n1C1CCS(=O)(=O)C1)CCC2. The molecule has 1 atom stereocenters. The molecule has 2 aromatic rings. The molecule has 4 rings (SSSR count). The van der Waals surface area contributed by atoms with Crippen LogP contribution in [0.5, 0.6) is 0 Å². The van der Waals surface area contributed by atoms with Gasteiger partial charge in [0.2, 0.25) is 0 Å². The fourth-order valence-electron chi connectivity index (χ4n) is 3.75. The summed E-state index contributed by atoms with van der Waals surface area (Å²) < 4.78 is 38.3. The maximum atomic E-state index is 13.0. The van der Waals surface area contributed by atoms with E-state index in [0.717, 1.165) is 41.1 Å². The van der Waals surface area contributed by atoms with E-state index >= 15 is 0 Å². The van der Waals surface area contributed by atoms with Crippen molar-refractivity contribution in [3.8, 4) is 0 Å². The summed E-state index contributed by atoms with van der Waals surface area (Å²) in [5.74, 6) is 0.510. The molecule has 1 unspecified atom stereocenters. The molecule has 0 N–H and O–H groups in total. The van der Waals surface area contributed by atoms with Gasteiger partial charge >= 0.3 is 5.69 Å². The number of halogens is 1. The molecule has 1 aliphatic carbocycles. The summed E-state index contributed by atoms with van der Waals surface area (Å²) in [5.41, 5.74) is 2.64. The van der Waals surface area contributed by atoms with Gasteiger partial charge in [-0.15, -0.1) is 11.8 Å². The Morgan fingerprint density at radius 3 is 2.69 bits per heavy atom. The summed E-state index contributed by atoms with van der Waals surface area (Å²) in [6.07, 6.45) is 3.07. The van der Waals surface area contributed by atoms with E-state index in [2.05, 4.69) is 4.98 Å². The third-order valence-corrected chi connectivity index (χ3v) is 7.84. The number of hydrogen-bond donors (Lipinski definition) is 0. The lowest BCUT2D eigenvalue weighted by molar-refractivity contribution is 0.502. The number of sulfone groups is 1. The Hall–Kier alpha value is -1.67. The molecule has 1 aromatic carbocycles. The van der Waals surface area contributed by atoms with Crippen LogP contribution in [0.2, 0.25) is 0 Å². The van der Waals surface area contributed by atoms with E-state index in [1.54, 1.807) is 16.7 Å². The highest BCUT2D eigenvalue weighted by Crippen LogP contribution is 2.34. The second-order valence-electron chi connectivity index (χ2n) is 6.82. The number of hydrogen-bond acceptors (Lipinski definition) is 5. The summed E-state index contributed by atoms with van der Waals surface area (Å²) in [7, 11) is -3.06. The summed E-state index contributed by atoms with van der Waals surface area (Å²) in [4.78, 5) is 16.9. The van der Waals surface area contributed by atoms with Crippen LogP contribution in [0.25, 0.3) is 0 Å². The minimum absolute atomic E-state index is 0.0308. The highest BCUT2D eigenvalue weighted by Gasteiger charge is 2.33. The average molecular weight is 394 g/mol. The molecule has 1 saturated heterocycles. The fraction of sp³-hybridized carbons (Fsp3) is 0.444. The summed E-state index contributed by atoms with van der Waals surface area (Å²) in [6, 6.07) is 6.02.